The molecular formula is C18H18N2NiO4. The van der Waals surface area contributed by atoms with E-state index in [1.165, 1.54) is 0 Å². The Balaban J connectivity index is 0.000000173. The van der Waals surface area contributed by atoms with Gasteiger partial charge in [-0.1, -0.05) is 24.3 Å². The van der Waals surface area contributed by atoms with Gasteiger partial charge >= 0.3 is 0 Å². The smallest absolute Gasteiger partial charge is 0.220 e. The molecular weight excluding hydrogens is 367 g/mol. The van der Waals surface area contributed by atoms with Crippen molar-refractivity contribution in [3.8, 4) is 11.5 Å². The summed E-state index contributed by atoms with van der Waals surface area (Å²) in [5.41, 5.74) is 1.35. The van der Waals surface area contributed by atoms with Gasteiger partial charge in [0.2, 0.25) is 11.8 Å². The average molecular weight is 385 g/mol. The van der Waals surface area contributed by atoms with Gasteiger partial charge < -0.3 is 19.7 Å². The Morgan fingerprint density at radius 3 is 1.40 bits per heavy atom. The second-order valence-corrected chi connectivity index (χ2v) is 5.10. The minimum absolute atomic E-state index is 0. The molecule has 6 nitrogen and oxygen atoms in total. The van der Waals surface area contributed by atoms with E-state index in [2.05, 4.69) is 9.98 Å². The van der Waals surface area contributed by atoms with Gasteiger partial charge in [-0.3, -0.25) is 0 Å². The van der Waals surface area contributed by atoms with E-state index in [-0.39, 0.29) is 28.0 Å². The van der Waals surface area contributed by atoms with Crippen molar-refractivity contribution in [3.63, 3.8) is 0 Å². The molecule has 0 aliphatic carbocycles. The monoisotopic (exact) mass is 384 g/mol. The first kappa shape index (κ1) is 18.8. The molecule has 2 aromatic carbocycles. The van der Waals surface area contributed by atoms with E-state index in [9.17, 15) is 10.2 Å². The Labute approximate surface area is 155 Å². The third-order valence-corrected chi connectivity index (χ3v) is 3.44. The number of phenolic OH excluding ortho intramolecular Hbond substituents is 2. The molecule has 0 unspecified atom stereocenters. The number of phenols is 2. The Bertz CT molecular complexity index is 712. The van der Waals surface area contributed by atoms with Crippen LogP contribution in [0.5, 0.6) is 11.5 Å². The van der Waals surface area contributed by atoms with E-state index in [1.807, 2.05) is 12.1 Å². The summed E-state index contributed by atoms with van der Waals surface area (Å²) in [7, 11) is 0. The van der Waals surface area contributed by atoms with E-state index in [0.717, 1.165) is 0 Å². The van der Waals surface area contributed by atoms with Gasteiger partial charge in [0.05, 0.1) is 24.2 Å². The van der Waals surface area contributed by atoms with Crippen molar-refractivity contribution < 1.29 is 36.2 Å². The molecule has 0 aromatic heterocycles. The van der Waals surface area contributed by atoms with Crippen LogP contribution in [-0.2, 0) is 26.0 Å². The maximum atomic E-state index is 9.41. The van der Waals surface area contributed by atoms with Crippen LogP contribution < -0.4 is 0 Å². The van der Waals surface area contributed by atoms with Crippen LogP contribution in [0, 0.1) is 0 Å². The number of aliphatic imine (C=N–C) groups is 2. The summed E-state index contributed by atoms with van der Waals surface area (Å²) in [6, 6.07) is 14.1. The number of ether oxygens (including phenoxy) is 2. The number of aromatic hydroxyl groups is 2. The predicted molar refractivity (Wildman–Crippen MR) is 90.9 cm³/mol. The number of hydrogen-bond acceptors (Lipinski definition) is 6. The van der Waals surface area contributed by atoms with E-state index in [0.29, 0.717) is 49.2 Å². The second-order valence-electron chi connectivity index (χ2n) is 5.10. The standard InChI is InChI=1S/2C9H9NO2.Ni/c2*11-8-4-2-1-3-7(8)9-10-5-6-12-9;/h2*1-4,11H,5-6H2;. The zero-order valence-electron chi connectivity index (χ0n) is 13.4. The van der Waals surface area contributed by atoms with Crippen molar-refractivity contribution in [2.24, 2.45) is 9.98 Å². The Kier molecular flexibility index (Phi) is 6.84. The summed E-state index contributed by atoms with van der Waals surface area (Å²) in [5.74, 6) is 1.54. The SMILES string of the molecule is Oc1ccccc1C1=NCCO1.Oc1ccccc1C1=NCCO1.[Ni]. The summed E-state index contributed by atoms with van der Waals surface area (Å²) in [5, 5.41) is 18.8. The maximum Gasteiger partial charge on any atom is 0.220 e. The largest absolute Gasteiger partial charge is 0.507 e. The number of rotatable bonds is 2. The summed E-state index contributed by atoms with van der Waals surface area (Å²) in [6.45, 7) is 2.60. The first-order chi connectivity index (χ1) is 11.8. The van der Waals surface area contributed by atoms with E-state index in [1.54, 1.807) is 36.4 Å². The van der Waals surface area contributed by atoms with Gasteiger partial charge in [0.15, 0.2) is 0 Å². The second kappa shape index (κ2) is 9.09. The van der Waals surface area contributed by atoms with Crippen LogP contribution >= 0.6 is 0 Å². The minimum atomic E-state index is 0. The topological polar surface area (TPSA) is 83.6 Å². The predicted octanol–water partition coefficient (Wildman–Crippen LogP) is 2.34. The van der Waals surface area contributed by atoms with Crippen LogP contribution in [0.2, 0.25) is 0 Å². The molecule has 0 spiro atoms. The molecule has 2 N–H and O–H groups in total. The molecule has 0 saturated carbocycles. The van der Waals surface area contributed by atoms with Crippen LogP contribution in [0.25, 0.3) is 0 Å². The Morgan fingerprint density at radius 2 is 1.08 bits per heavy atom. The molecule has 4 rings (SSSR count). The van der Waals surface area contributed by atoms with Crippen molar-refractivity contribution >= 4 is 11.8 Å². The number of para-hydroxylation sites is 2. The molecule has 134 valence electrons. The third kappa shape index (κ3) is 4.73. The van der Waals surface area contributed by atoms with Crippen LogP contribution in [0.3, 0.4) is 0 Å². The number of hydrogen-bond donors (Lipinski definition) is 2. The van der Waals surface area contributed by atoms with Crippen LogP contribution in [0.1, 0.15) is 11.1 Å². The molecule has 0 radical (unpaired) electrons. The first-order valence-corrected chi connectivity index (χ1v) is 7.67. The fraction of sp³-hybridized carbons (Fsp3) is 0.222. The molecule has 7 heteroatoms. The molecule has 2 aromatic rings. The van der Waals surface area contributed by atoms with Gasteiger partial charge in [-0.05, 0) is 24.3 Å². The van der Waals surface area contributed by atoms with Gasteiger partial charge in [-0.15, -0.1) is 0 Å². The summed E-state index contributed by atoms with van der Waals surface area (Å²) in [4.78, 5) is 8.20. The average Bonchev–Trinajstić information content (AvgIpc) is 3.30. The quantitative estimate of drug-likeness (QED) is 0.778. The zero-order valence-corrected chi connectivity index (χ0v) is 14.4. The third-order valence-electron chi connectivity index (χ3n) is 3.44. The summed E-state index contributed by atoms with van der Waals surface area (Å²) in [6.07, 6.45) is 0. The fourth-order valence-electron chi connectivity index (χ4n) is 2.31. The zero-order chi connectivity index (χ0) is 16.8. The van der Waals surface area contributed by atoms with Crippen molar-refractivity contribution in [1.29, 1.82) is 0 Å². The molecule has 0 fully saturated rings. The normalized spacial score (nSPS) is 14.9. The number of benzene rings is 2. The van der Waals surface area contributed by atoms with Crippen molar-refractivity contribution in [2.45, 2.75) is 0 Å². The van der Waals surface area contributed by atoms with Crippen LogP contribution in [-0.4, -0.2) is 48.3 Å². The van der Waals surface area contributed by atoms with Crippen molar-refractivity contribution in [2.75, 3.05) is 26.3 Å². The molecule has 2 heterocycles. The molecule has 0 bridgehead atoms. The van der Waals surface area contributed by atoms with Crippen LogP contribution in [0.4, 0.5) is 0 Å². The van der Waals surface area contributed by atoms with Crippen LogP contribution in [0.15, 0.2) is 58.5 Å². The molecule has 0 atom stereocenters. The summed E-state index contributed by atoms with van der Waals surface area (Å²) < 4.78 is 10.4. The van der Waals surface area contributed by atoms with Gasteiger partial charge in [0, 0.05) is 16.5 Å². The van der Waals surface area contributed by atoms with Crippen molar-refractivity contribution in [1.82, 2.24) is 0 Å². The van der Waals surface area contributed by atoms with Crippen molar-refractivity contribution in [3.05, 3.63) is 59.7 Å². The van der Waals surface area contributed by atoms with Gasteiger partial charge in [-0.25, -0.2) is 9.98 Å². The Hall–Kier alpha value is -2.53. The molecule has 0 saturated heterocycles. The van der Waals surface area contributed by atoms with Gasteiger partial charge in [0.1, 0.15) is 24.7 Å². The van der Waals surface area contributed by atoms with Gasteiger partial charge in [-0.2, -0.15) is 0 Å². The molecule has 0 amide bonds. The van der Waals surface area contributed by atoms with E-state index in [4.69, 9.17) is 9.47 Å². The fourth-order valence-corrected chi connectivity index (χ4v) is 2.31. The maximum absolute atomic E-state index is 9.41. The summed E-state index contributed by atoms with van der Waals surface area (Å²) >= 11 is 0. The molecule has 2 aliphatic rings. The number of nitrogens with zero attached hydrogens (tertiary/aromatic N) is 2. The van der Waals surface area contributed by atoms with E-state index >= 15 is 0 Å². The van der Waals surface area contributed by atoms with E-state index < -0.39 is 0 Å². The van der Waals surface area contributed by atoms with Gasteiger partial charge in [0.25, 0.3) is 0 Å². The Morgan fingerprint density at radius 1 is 0.680 bits per heavy atom. The molecule has 2 aliphatic heterocycles. The minimum Gasteiger partial charge on any atom is -0.507 e. The first-order valence-electron chi connectivity index (χ1n) is 7.67. The molecule has 25 heavy (non-hydrogen) atoms.